The van der Waals surface area contributed by atoms with Crippen LogP contribution in [-0.2, 0) is 0 Å². The quantitative estimate of drug-likeness (QED) is 0.616. The molecule has 0 saturated heterocycles. The number of hydrogen-bond donors (Lipinski definition) is 0. The molecule has 0 fully saturated rings. The Bertz CT molecular complexity index is 260. The third kappa shape index (κ3) is 1.50. The Kier molecular flexibility index (Phi) is 2.12. The molecule has 0 aliphatic heterocycles. The van der Waals surface area contributed by atoms with Gasteiger partial charge in [0.1, 0.15) is 11.5 Å². The van der Waals surface area contributed by atoms with E-state index < -0.39 is 17.9 Å². The molecule has 1 heterocycles. The van der Waals surface area contributed by atoms with Gasteiger partial charge in [0.15, 0.2) is 0 Å². The van der Waals surface area contributed by atoms with Crippen LogP contribution in [0.2, 0.25) is 0 Å². The number of alkyl halides is 2. The summed E-state index contributed by atoms with van der Waals surface area (Å²) in [7, 11) is 0. The maximum absolute atomic E-state index is 12.6. The highest BCUT2D eigenvalue weighted by Crippen LogP contribution is 2.20. The fourth-order valence-corrected chi connectivity index (χ4v) is 0.747. The summed E-state index contributed by atoms with van der Waals surface area (Å²) in [5.74, 6) is -0.643. The van der Waals surface area contributed by atoms with E-state index in [1.54, 1.807) is 0 Å². The van der Waals surface area contributed by atoms with Crippen molar-refractivity contribution in [3.63, 3.8) is 0 Å². The molecular formula is C7H6F3N. The second-order valence-electron chi connectivity index (χ2n) is 2.10. The second-order valence-corrected chi connectivity index (χ2v) is 2.10. The summed E-state index contributed by atoms with van der Waals surface area (Å²) in [6, 6.07) is 1.06. The van der Waals surface area contributed by atoms with Gasteiger partial charge in [-0.05, 0) is 13.0 Å². The zero-order chi connectivity index (χ0) is 8.43. The van der Waals surface area contributed by atoms with E-state index in [-0.39, 0.29) is 5.56 Å². The van der Waals surface area contributed by atoms with E-state index in [9.17, 15) is 13.2 Å². The normalized spacial score (nSPS) is 10.6. The van der Waals surface area contributed by atoms with Crippen molar-refractivity contribution < 1.29 is 13.2 Å². The van der Waals surface area contributed by atoms with Gasteiger partial charge in [-0.25, -0.2) is 13.2 Å². The highest BCUT2D eigenvalue weighted by atomic mass is 19.3. The van der Waals surface area contributed by atoms with Crippen molar-refractivity contribution in [2.45, 2.75) is 13.3 Å². The standard InChI is InChI=1S/C7H6F3N/c1-4-5(8)2-3-11-6(4)7(9)10/h2-3,7H,1H3. The SMILES string of the molecule is Cc1c(F)ccnc1C(F)F. The first kappa shape index (κ1) is 8.04. The average Bonchev–Trinajstić information content (AvgIpc) is 1.94. The maximum Gasteiger partial charge on any atom is 0.280 e. The second kappa shape index (κ2) is 2.90. The molecule has 0 amide bonds. The van der Waals surface area contributed by atoms with Crippen LogP contribution in [0.15, 0.2) is 12.3 Å². The molecule has 0 spiro atoms. The molecule has 0 aliphatic carbocycles. The highest BCUT2D eigenvalue weighted by molar-refractivity contribution is 5.20. The van der Waals surface area contributed by atoms with E-state index in [0.717, 1.165) is 12.3 Å². The molecule has 0 unspecified atom stereocenters. The Hall–Kier alpha value is -1.06. The van der Waals surface area contributed by atoms with Gasteiger partial charge in [-0.1, -0.05) is 0 Å². The lowest BCUT2D eigenvalue weighted by molar-refractivity contribution is 0.144. The van der Waals surface area contributed by atoms with Crippen LogP contribution < -0.4 is 0 Å². The van der Waals surface area contributed by atoms with Gasteiger partial charge in [0.05, 0.1) is 0 Å². The van der Waals surface area contributed by atoms with E-state index in [4.69, 9.17) is 0 Å². The summed E-state index contributed by atoms with van der Waals surface area (Å²) < 4.78 is 36.5. The molecule has 1 aromatic heterocycles. The lowest BCUT2D eigenvalue weighted by atomic mass is 10.2. The van der Waals surface area contributed by atoms with Crippen LogP contribution >= 0.6 is 0 Å². The predicted molar refractivity (Wildman–Crippen MR) is 33.9 cm³/mol. The Labute approximate surface area is 61.9 Å². The van der Waals surface area contributed by atoms with Crippen LogP contribution in [0, 0.1) is 12.7 Å². The minimum atomic E-state index is -2.70. The van der Waals surface area contributed by atoms with E-state index in [0.29, 0.717) is 0 Å². The van der Waals surface area contributed by atoms with Crippen molar-refractivity contribution >= 4 is 0 Å². The molecule has 4 heteroatoms. The first-order valence-corrected chi connectivity index (χ1v) is 3.02. The fourth-order valence-electron chi connectivity index (χ4n) is 0.747. The predicted octanol–water partition coefficient (Wildman–Crippen LogP) is 2.47. The summed E-state index contributed by atoms with van der Waals surface area (Å²) in [5, 5.41) is 0. The number of aromatic nitrogens is 1. The minimum absolute atomic E-state index is 0.0810. The molecule has 1 nitrogen and oxygen atoms in total. The van der Waals surface area contributed by atoms with Crippen molar-refractivity contribution in [1.29, 1.82) is 0 Å². The van der Waals surface area contributed by atoms with E-state index in [1.807, 2.05) is 0 Å². The van der Waals surface area contributed by atoms with Gasteiger partial charge in [0.2, 0.25) is 0 Å². The van der Waals surface area contributed by atoms with Crippen LogP contribution in [0.3, 0.4) is 0 Å². The third-order valence-electron chi connectivity index (χ3n) is 1.38. The zero-order valence-corrected chi connectivity index (χ0v) is 5.81. The van der Waals surface area contributed by atoms with Crippen molar-refractivity contribution in [3.05, 3.63) is 29.3 Å². The highest BCUT2D eigenvalue weighted by Gasteiger charge is 2.13. The van der Waals surface area contributed by atoms with Gasteiger partial charge in [-0.15, -0.1) is 0 Å². The summed E-state index contributed by atoms with van der Waals surface area (Å²) in [6.45, 7) is 1.28. The van der Waals surface area contributed by atoms with Crippen molar-refractivity contribution in [2.24, 2.45) is 0 Å². The zero-order valence-electron chi connectivity index (χ0n) is 5.81. The maximum atomic E-state index is 12.6. The topological polar surface area (TPSA) is 12.9 Å². The number of halogens is 3. The van der Waals surface area contributed by atoms with Crippen molar-refractivity contribution in [3.8, 4) is 0 Å². The smallest absolute Gasteiger partial charge is 0.255 e. The van der Waals surface area contributed by atoms with Crippen LogP contribution in [0.4, 0.5) is 13.2 Å². The van der Waals surface area contributed by atoms with Gasteiger partial charge < -0.3 is 0 Å². The first-order valence-electron chi connectivity index (χ1n) is 3.02. The Morgan fingerprint density at radius 3 is 2.55 bits per heavy atom. The Morgan fingerprint density at radius 2 is 2.09 bits per heavy atom. The number of pyridine rings is 1. The monoisotopic (exact) mass is 161 g/mol. The largest absolute Gasteiger partial charge is 0.280 e. The van der Waals surface area contributed by atoms with Crippen LogP contribution in [-0.4, -0.2) is 4.98 Å². The van der Waals surface area contributed by atoms with Crippen molar-refractivity contribution in [1.82, 2.24) is 4.98 Å². The molecular weight excluding hydrogens is 155 g/mol. The van der Waals surface area contributed by atoms with Gasteiger partial charge in [-0.2, -0.15) is 0 Å². The molecule has 0 saturated carbocycles. The molecule has 0 aromatic carbocycles. The summed E-state index contributed by atoms with van der Waals surface area (Å²) in [4.78, 5) is 3.35. The number of nitrogens with zero attached hydrogens (tertiary/aromatic N) is 1. The van der Waals surface area contributed by atoms with E-state index in [1.165, 1.54) is 6.92 Å². The Balaban J connectivity index is 3.17. The molecule has 0 N–H and O–H groups in total. The lowest BCUT2D eigenvalue weighted by Crippen LogP contribution is -1.96. The van der Waals surface area contributed by atoms with Crippen LogP contribution in [0.1, 0.15) is 17.7 Å². The van der Waals surface area contributed by atoms with Crippen LogP contribution in [0.25, 0.3) is 0 Å². The number of hydrogen-bond acceptors (Lipinski definition) is 1. The van der Waals surface area contributed by atoms with Gasteiger partial charge >= 0.3 is 0 Å². The minimum Gasteiger partial charge on any atom is -0.255 e. The van der Waals surface area contributed by atoms with Gasteiger partial charge in [-0.3, -0.25) is 4.98 Å². The first-order chi connectivity index (χ1) is 5.13. The van der Waals surface area contributed by atoms with Gasteiger partial charge in [0, 0.05) is 11.8 Å². The average molecular weight is 161 g/mol. The fraction of sp³-hybridized carbons (Fsp3) is 0.286. The molecule has 1 aromatic rings. The summed E-state index contributed by atoms with van der Waals surface area (Å²) in [6.07, 6.45) is -1.67. The van der Waals surface area contributed by atoms with E-state index in [2.05, 4.69) is 4.98 Å². The van der Waals surface area contributed by atoms with Crippen LogP contribution in [0.5, 0.6) is 0 Å². The Morgan fingerprint density at radius 1 is 1.45 bits per heavy atom. The molecule has 0 atom stereocenters. The van der Waals surface area contributed by atoms with Crippen molar-refractivity contribution in [2.75, 3.05) is 0 Å². The van der Waals surface area contributed by atoms with E-state index >= 15 is 0 Å². The molecule has 1 rings (SSSR count). The summed E-state index contributed by atoms with van der Waals surface area (Å²) >= 11 is 0. The molecule has 11 heavy (non-hydrogen) atoms. The molecule has 60 valence electrons. The molecule has 0 bridgehead atoms. The third-order valence-corrected chi connectivity index (χ3v) is 1.38. The number of rotatable bonds is 1. The molecule has 0 radical (unpaired) electrons. The summed E-state index contributed by atoms with van der Waals surface area (Å²) in [5.41, 5.74) is -0.562. The molecule has 0 aliphatic rings. The lowest BCUT2D eigenvalue weighted by Gasteiger charge is -2.02. The van der Waals surface area contributed by atoms with Gasteiger partial charge in [0.25, 0.3) is 6.43 Å².